The first-order valence-electron chi connectivity index (χ1n) is 8.07. The standard InChI is InChI=1S/C18H17Cl2NO4S/c1-12-4-6-14(19)16(10-12)25-18(22)13-5-7-15(20)17(11-13)26(23,24)21-8-2-3-9-21/h4-7,10-11H,2-3,8-9H2,1H3. The van der Waals surface area contributed by atoms with Crippen molar-refractivity contribution in [2.24, 2.45) is 0 Å². The smallest absolute Gasteiger partial charge is 0.343 e. The molecular formula is C18H17Cl2NO4S. The van der Waals surface area contributed by atoms with Crippen LogP contribution in [-0.2, 0) is 10.0 Å². The number of hydrogen-bond acceptors (Lipinski definition) is 4. The van der Waals surface area contributed by atoms with Crippen LogP contribution in [0.15, 0.2) is 41.3 Å². The molecule has 1 fully saturated rings. The zero-order valence-corrected chi connectivity index (χ0v) is 16.4. The van der Waals surface area contributed by atoms with Gasteiger partial charge in [0.25, 0.3) is 0 Å². The Morgan fingerprint density at radius 1 is 1.04 bits per heavy atom. The number of hydrogen-bond donors (Lipinski definition) is 0. The second-order valence-electron chi connectivity index (χ2n) is 6.08. The molecule has 2 aromatic rings. The quantitative estimate of drug-likeness (QED) is 0.553. The van der Waals surface area contributed by atoms with Crippen LogP contribution < -0.4 is 4.74 Å². The van der Waals surface area contributed by atoms with Gasteiger partial charge in [0.1, 0.15) is 10.6 Å². The monoisotopic (exact) mass is 413 g/mol. The van der Waals surface area contributed by atoms with Crippen molar-refractivity contribution in [3.8, 4) is 5.75 Å². The molecule has 0 atom stereocenters. The van der Waals surface area contributed by atoms with Crippen LogP contribution in [0.5, 0.6) is 5.75 Å². The minimum atomic E-state index is -3.75. The highest BCUT2D eigenvalue weighted by molar-refractivity contribution is 7.89. The molecule has 0 spiro atoms. The van der Waals surface area contributed by atoms with Crippen LogP contribution in [0.1, 0.15) is 28.8 Å². The number of ether oxygens (including phenoxy) is 1. The molecule has 3 rings (SSSR count). The summed E-state index contributed by atoms with van der Waals surface area (Å²) in [5.74, 6) is -0.484. The fourth-order valence-electron chi connectivity index (χ4n) is 2.74. The van der Waals surface area contributed by atoms with Crippen LogP contribution in [0.25, 0.3) is 0 Å². The van der Waals surface area contributed by atoms with Crippen molar-refractivity contribution in [2.75, 3.05) is 13.1 Å². The van der Waals surface area contributed by atoms with Gasteiger partial charge in [-0.1, -0.05) is 29.3 Å². The fourth-order valence-corrected chi connectivity index (χ4v) is 4.92. The van der Waals surface area contributed by atoms with Crippen molar-refractivity contribution in [1.82, 2.24) is 4.31 Å². The van der Waals surface area contributed by atoms with E-state index in [2.05, 4.69) is 0 Å². The van der Waals surface area contributed by atoms with E-state index in [0.29, 0.717) is 18.1 Å². The van der Waals surface area contributed by atoms with E-state index in [9.17, 15) is 13.2 Å². The van der Waals surface area contributed by atoms with E-state index in [-0.39, 0.29) is 21.2 Å². The zero-order chi connectivity index (χ0) is 18.9. The van der Waals surface area contributed by atoms with Gasteiger partial charge in [0.05, 0.1) is 15.6 Å². The summed E-state index contributed by atoms with van der Waals surface area (Å²) >= 11 is 12.1. The molecule has 1 aliphatic rings. The van der Waals surface area contributed by atoms with E-state index in [4.69, 9.17) is 27.9 Å². The van der Waals surface area contributed by atoms with Crippen molar-refractivity contribution in [3.63, 3.8) is 0 Å². The minimum absolute atomic E-state index is 0.0713. The van der Waals surface area contributed by atoms with Gasteiger partial charge in [-0.2, -0.15) is 4.31 Å². The zero-order valence-electron chi connectivity index (χ0n) is 14.0. The molecule has 0 radical (unpaired) electrons. The first kappa shape index (κ1) is 19.2. The van der Waals surface area contributed by atoms with Gasteiger partial charge in [-0.15, -0.1) is 0 Å². The van der Waals surface area contributed by atoms with Crippen LogP contribution in [0.2, 0.25) is 10.0 Å². The van der Waals surface area contributed by atoms with Gasteiger partial charge in [-0.3, -0.25) is 0 Å². The molecule has 0 amide bonds. The molecule has 8 heteroatoms. The molecular weight excluding hydrogens is 397 g/mol. The minimum Gasteiger partial charge on any atom is -0.421 e. The maximum Gasteiger partial charge on any atom is 0.343 e. The van der Waals surface area contributed by atoms with Crippen molar-refractivity contribution in [1.29, 1.82) is 0 Å². The van der Waals surface area contributed by atoms with Gasteiger partial charge in [0.2, 0.25) is 10.0 Å². The first-order valence-corrected chi connectivity index (χ1v) is 10.3. The van der Waals surface area contributed by atoms with E-state index < -0.39 is 16.0 Å². The van der Waals surface area contributed by atoms with E-state index in [1.54, 1.807) is 18.2 Å². The number of nitrogens with zero attached hydrogens (tertiary/aromatic N) is 1. The van der Waals surface area contributed by atoms with Crippen molar-refractivity contribution < 1.29 is 17.9 Å². The number of carbonyl (C=O) groups excluding carboxylic acids is 1. The summed E-state index contributed by atoms with van der Waals surface area (Å²) in [6, 6.07) is 9.13. The highest BCUT2D eigenvalue weighted by atomic mass is 35.5. The third-order valence-corrected chi connectivity index (χ3v) is 6.83. The number of halogens is 2. The molecule has 0 N–H and O–H groups in total. The predicted molar refractivity (Wildman–Crippen MR) is 101 cm³/mol. The lowest BCUT2D eigenvalue weighted by Crippen LogP contribution is -2.28. The van der Waals surface area contributed by atoms with Gasteiger partial charge in [-0.25, -0.2) is 13.2 Å². The Morgan fingerprint density at radius 3 is 2.38 bits per heavy atom. The van der Waals surface area contributed by atoms with E-state index in [0.717, 1.165) is 18.4 Å². The van der Waals surface area contributed by atoms with Gasteiger partial charge < -0.3 is 4.74 Å². The SMILES string of the molecule is Cc1ccc(Cl)c(OC(=O)c2ccc(Cl)c(S(=O)(=O)N3CCCC3)c2)c1. The summed E-state index contributed by atoms with van der Waals surface area (Å²) in [6.45, 7) is 2.75. The Kier molecular flexibility index (Phi) is 5.58. The molecule has 26 heavy (non-hydrogen) atoms. The van der Waals surface area contributed by atoms with Crippen molar-refractivity contribution in [2.45, 2.75) is 24.7 Å². The molecule has 1 saturated heterocycles. The van der Waals surface area contributed by atoms with E-state index >= 15 is 0 Å². The molecule has 0 aliphatic carbocycles. The number of sulfonamides is 1. The fraction of sp³-hybridized carbons (Fsp3) is 0.278. The van der Waals surface area contributed by atoms with Crippen LogP contribution in [0.4, 0.5) is 0 Å². The lowest BCUT2D eigenvalue weighted by Gasteiger charge is -2.17. The molecule has 0 bridgehead atoms. The molecule has 1 heterocycles. The van der Waals surface area contributed by atoms with Gasteiger partial charge in [0, 0.05) is 13.1 Å². The lowest BCUT2D eigenvalue weighted by molar-refractivity contribution is 0.0734. The number of aryl methyl sites for hydroxylation is 1. The van der Waals surface area contributed by atoms with Gasteiger partial charge in [-0.05, 0) is 55.7 Å². The summed E-state index contributed by atoms with van der Waals surface area (Å²) in [5, 5.41) is 0.366. The molecule has 0 unspecified atom stereocenters. The summed E-state index contributed by atoms with van der Waals surface area (Å²) in [4.78, 5) is 12.4. The van der Waals surface area contributed by atoms with E-state index in [1.165, 1.54) is 22.5 Å². The summed E-state index contributed by atoms with van der Waals surface area (Å²) in [7, 11) is -3.75. The van der Waals surface area contributed by atoms with Crippen LogP contribution in [-0.4, -0.2) is 31.8 Å². The third kappa shape index (κ3) is 3.88. The number of esters is 1. The van der Waals surface area contributed by atoms with Gasteiger partial charge in [0.15, 0.2) is 0 Å². The normalized spacial score (nSPS) is 15.2. The van der Waals surface area contributed by atoms with E-state index in [1.807, 2.05) is 6.92 Å². The summed E-state index contributed by atoms with van der Waals surface area (Å²) in [6.07, 6.45) is 1.62. The summed E-state index contributed by atoms with van der Waals surface area (Å²) in [5.41, 5.74) is 0.968. The highest BCUT2D eigenvalue weighted by Crippen LogP contribution is 2.30. The molecule has 0 aromatic heterocycles. The second-order valence-corrected chi connectivity index (χ2v) is 8.80. The number of carbonyl (C=O) groups is 1. The maximum atomic E-state index is 12.8. The average molecular weight is 414 g/mol. The Hall–Kier alpha value is -1.60. The van der Waals surface area contributed by atoms with Gasteiger partial charge >= 0.3 is 5.97 Å². The molecule has 5 nitrogen and oxygen atoms in total. The van der Waals surface area contributed by atoms with Crippen LogP contribution in [0.3, 0.4) is 0 Å². The lowest BCUT2D eigenvalue weighted by atomic mass is 10.2. The first-order chi connectivity index (χ1) is 12.3. The topological polar surface area (TPSA) is 63.7 Å². The average Bonchev–Trinajstić information content (AvgIpc) is 3.13. The van der Waals surface area contributed by atoms with Crippen LogP contribution in [0, 0.1) is 6.92 Å². The Labute approximate surface area is 162 Å². The number of rotatable bonds is 4. The number of benzene rings is 2. The molecule has 1 aliphatic heterocycles. The second kappa shape index (κ2) is 7.56. The molecule has 138 valence electrons. The van der Waals surface area contributed by atoms with Crippen molar-refractivity contribution in [3.05, 3.63) is 57.6 Å². The van der Waals surface area contributed by atoms with Crippen LogP contribution >= 0.6 is 23.2 Å². The predicted octanol–water partition coefficient (Wildman–Crippen LogP) is 4.31. The Balaban J connectivity index is 1.92. The van der Waals surface area contributed by atoms with Crippen molar-refractivity contribution >= 4 is 39.2 Å². The Bertz CT molecular complexity index is 954. The highest BCUT2D eigenvalue weighted by Gasteiger charge is 2.30. The third-order valence-electron chi connectivity index (χ3n) is 4.14. The molecule has 2 aromatic carbocycles. The largest absolute Gasteiger partial charge is 0.421 e. The molecule has 0 saturated carbocycles. The Morgan fingerprint density at radius 2 is 1.69 bits per heavy atom. The summed E-state index contributed by atoms with van der Waals surface area (Å²) < 4.78 is 32.2. The maximum absolute atomic E-state index is 12.8.